The SMILES string of the molecule is CCCNC(C)c1ccc(OC(C)C)c(C)c1. The van der Waals surface area contributed by atoms with Crippen LogP contribution in [-0.2, 0) is 0 Å². The van der Waals surface area contributed by atoms with Crippen molar-refractivity contribution in [2.75, 3.05) is 6.54 Å². The van der Waals surface area contributed by atoms with Gasteiger partial charge in [-0.05, 0) is 57.9 Å². The highest BCUT2D eigenvalue weighted by Gasteiger charge is 2.07. The normalized spacial score (nSPS) is 12.8. The van der Waals surface area contributed by atoms with Crippen molar-refractivity contribution >= 4 is 0 Å². The molecule has 0 aliphatic heterocycles. The van der Waals surface area contributed by atoms with Crippen LogP contribution in [0.1, 0.15) is 51.3 Å². The lowest BCUT2D eigenvalue weighted by Crippen LogP contribution is -2.19. The molecule has 1 aromatic rings. The number of aryl methyl sites for hydroxylation is 1. The quantitative estimate of drug-likeness (QED) is 0.809. The van der Waals surface area contributed by atoms with Crippen LogP contribution in [-0.4, -0.2) is 12.6 Å². The molecule has 0 aliphatic carbocycles. The molecule has 1 aromatic carbocycles. The minimum absolute atomic E-state index is 0.232. The molecular weight excluding hydrogens is 210 g/mol. The summed E-state index contributed by atoms with van der Waals surface area (Å²) in [6.45, 7) is 11.7. The maximum Gasteiger partial charge on any atom is 0.122 e. The van der Waals surface area contributed by atoms with E-state index in [1.807, 2.05) is 0 Å². The highest BCUT2D eigenvalue weighted by molar-refractivity contribution is 5.37. The summed E-state index contributed by atoms with van der Waals surface area (Å²) < 4.78 is 5.74. The molecular formula is C15H25NO. The van der Waals surface area contributed by atoms with Gasteiger partial charge in [0.25, 0.3) is 0 Å². The van der Waals surface area contributed by atoms with Crippen molar-refractivity contribution in [3.63, 3.8) is 0 Å². The van der Waals surface area contributed by atoms with Gasteiger partial charge in [0, 0.05) is 6.04 Å². The third-order valence-electron chi connectivity index (χ3n) is 2.76. The van der Waals surface area contributed by atoms with E-state index in [-0.39, 0.29) is 6.10 Å². The molecule has 0 aromatic heterocycles. The van der Waals surface area contributed by atoms with Gasteiger partial charge in [-0.2, -0.15) is 0 Å². The predicted molar refractivity (Wildman–Crippen MR) is 73.7 cm³/mol. The van der Waals surface area contributed by atoms with Crippen molar-refractivity contribution in [3.05, 3.63) is 29.3 Å². The van der Waals surface area contributed by atoms with Crippen LogP contribution >= 0.6 is 0 Å². The second-order valence-electron chi connectivity index (χ2n) is 4.87. The molecule has 2 nitrogen and oxygen atoms in total. The molecule has 0 bridgehead atoms. The van der Waals surface area contributed by atoms with E-state index in [0.717, 1.165) is 18.7 Å². The van der Waals surface area contributed by atoms with Crippen molar-refractivity contribution in [2.45, 2.75) is 53.2 Å². The van der Waals surface area contributed by atoms with Gasteiger partial charge in [-0.25, -0.2) is 0 Å². The Kier molecular flexibility index (Phi) is 5.49. The average Bonchev–Trinajstić information content (AvgIpc) is 2.28. The lowest BCUT2D eigenvalue weighted by Gasteiger charge is -2.17. The first-order valence-corrected chi connectivity index (χ1v) is 6.55. The molecule has 17 heavy (non-hydrogen) atoms. The van der Waals surface area contributed by atoms with Crippen molar-refractivity contribution in [2.24, 2.45) is 0 Å². The Morgan fingerprint density at radius 3 is 2.47 bits per heavy atom. The summed E-state index contributed by atoms with van der Waals surface area (Å²) >= 11 is 0. The van der Waals surface area contributed by atoms with Crippen LogP contribution in [0.5, 0.6) is 5.75 Å². The van der Waals surface area contributed by atoms with Gasteiger partial charge in [-0.3, -0.25) is 0 Å². The van der Waals surface area contributed by atoms with E-state index in [1.165, 1.54) is 11.1 Å². The van der Waals surface area contributed by atoms with Crippen LogP contribution < -0.4 is 10.1 Å². The number of nitrogens with one attached hydrogen (secondary N) is 1. The van der Waals surface area contributed by atoms with E-state index in [4.69, 9.17) is 4.74 Å². The molecule has 0 fully saturated rings. The van der Waals surface area contributed by atoms with E-state index < -0.39 is 0 Å². The molecule has 96 valence electrons. The van der Waals surface area contributed by atoms with Crippen LogP contribution in [0, 0.1) is 6.92 Å². The zero-order valence-corrected chi connectivity index (χ0v) is 11.7. The van der Waals surface area contributed by atoms with E-state index >= 15 is 0 Å². The van der Waals surface area contributed by atoms with Crippen LogP contribution in [0.15, 0.2) is 18.2 Å². The maximum atomic E-state index is 5.74. The van der Waals surface area contributed by atoms with E-state index in [1.54, 1.807) is 0 Å². The van der Waals surface area contributed by atoms with Gasteiger partial charge in [-0.1, -0.05) is 19.1 Å². The smallest absolute Gasteiger partial charge is 0.122 e. The van der Waals surface area contributed by atoms with Crippen LogP contribution in [0.4, 0.5) is 0 Å². The molecule has 0 aliphatic rings. The summed E-state index contributed by atoms with van der Waals surface area (Å²) in [5.41, 5.74) is 2.54. The zero-order valence-electron chi connectivity index (χ0n) is 11.7. The molecule has 1 rings (SSSR count). The van der Waals surface area contributed by atoms with Crippen molar-refractivity contribution in [3.8, 4) is 5.75 Å². The lowest BCUT2D eigenvalue weighted by molar-refractivity contribution is 0.240. The first-order chi connectivity index (χ1) is 8.04. The molecule has 0 amide bonds. The van der Waals surface area contributed by atoms with Crippen molar-refractivity contribution < 1.29 is 4.74 Å². The molecule has 0 radical (unpaired) electrons. The summed E-state index contributed by atoms with van der Waals surface area (Å²) in [5.74, 6) is 0.992. The molecule has 2 heteroatoms. The maximum absolute atomic E-state index is 5.74. The Morgan fingerprint density at radius 1 is 1.24 bits per heavy atom. The highest BCUT2D eigenvalue weighted by Crippen LogP contribution is 2.23. The topological polar surface area (TPSA) is 21.3 Å². The van der Waals surface area contributed by atoms with Gasteiger partial charge in [-0.15, -0.1) is 0 Å². The summed E-state index contributed by atoms with van der Waals surface area (Å²) in [7, 11) is 0. The summed E-state index contributed by atoms with van der Waals surface area (Å²) in [6, 6.07) is 6.85. The Hall–Kier alpha value is -1.02. The molecule has 0 saturated heterocycles. The van der Waals surface area contributed by atoms with Crippen LogP contribution in [0.3, 0.4) is 0 Å². The highest BCUT2D eigenvalue weighted by atomic mass is 16.5. The van der Waals surface area contributed by atoms with Gasteiger partial charge in [0.2, 0.25) is 0 Å². The van der Waals surface area contributed by atoms with E-state index in [2.05, 4.69) is 58.1 Å². The van der Waals surface area contributed by atoms with Gasteiger partial charge in [0.15, 0.2) is 0 Å². The number of hydrogen-bond acceptors (Lipinski definition) is 2. The molecule has 1 unspecified atom stereocenters. The van der Waals surface area contributed by atoms with Crippen LogP contribution in [0.25, 0.3) is 0 Å². The molecule has 1 N–H and O–H groups in total. The standard InChI is InChI=1S/C15H25NO/c1-6-9-16-13(5)14-7-8-15(12(4)10-14)17-11(2)3/h7-8,10-11,13,16H,6,9H2,1-5H3. The van der Waals surface area contributed by atoms with Gasteiger partial charge in [0.05, 0.1) is 6.10 Å². The Balaban J connectivity index is 2.73. The fourth-order valence-corrected chi connectivity index (χ4v) is 1.81. The molecule has 1 atom stereocenters. The van der Waals surface area contributed by atoms with Crippen molar-refractivity contribution in [1.82, 2.24) is 5.32 Å². The minimum atomic E-state index is 0.232. The largest absolute Gasteiger partial charge is 0.491 e. The van der Waals surface area contributed by atoms with Crippen molar-refractivity contribution in [1.29, 1.82) is 0 Å². The zero-order chi connectivity index (χ0) is 12.8. The van der Waals surface area contributed by atoms with E-state index in [9.17, 15) is 0 Å². The first-order valence-electron chi connectivity index (χ1n) is 6.55. The predicted octanol–water partition coefficient (Wildman–Crippen LogP) is 3.84. The van der Waals surface area contributed by atoms with Crippen LogP contribution in [0.2, 0.25) is 0 Å². The molecule has 0 spiro atoms. The Bertz CT molecular complexity index is 347. The first kappa shape index (κ1) is 14.0. The third kappa shape index (κ3) is 4.39. The second-order valence-corrected chi connectivity index (χ2v) is 4.87. The molecule has 0 heterocycles. The van der Waals surface area contributed by atoms with E-state index in [0.29, 0.717) is 6.04 Å². The Morgan fingerprint density at radius 2 is 1.94 bits per heavy atom. The number of ether oxygens (including phenoxy) is 1. The fraction of sp³-hybridized carbons (Fsp3) is 0.600. The van der Waals surface area contributed by atoms with Gasteiger partial charge >= 0.3 is 0 Å². The van der Waals surface area contributed by atoms with Gasteiger partial charge < -0.3 is 10.1 Å². The minimum Gasteiger partial charge on any atom is -0.491 e. The average molecular weight is 235 g/mol. The molecule has 0 saturated carbocycles. The lowest BCUT2D eigenvalue weighted by atomic mass is 10.0. The summed E-state index contributed by atoms with van der Waals surface area (Å²) in [6.07, 6.45) is 1.40. The second kappa shape index (κ2) is 6.65. The summed E-state index contributed by atoms with van der Waals surface area (Å²) in [4.78, 5) is 0. The van der Waals surface area contributed by atoms with Gasteiger partial charge in [0.1, 0.15) is 5.75 Å². The third-order valence-corrected chi connectivity index (χ3v) is 2.76. The number of rotatable bonds is 6. The monoisotopic (exact) mass is 235 g/mol. The number of hydrogen-bond donors (Lipinski definition) is 1. The Labute approximate surface area is 105 Å². The fourth-order valence-electron chi connectivity index (χ4n) is 1.81. The summed E-state index contributed by atoms with van der Waals surface area (Å²) in [5, 5.41) is 3.50. The number of benzene rings is 1.